The summed E-state index contributed by atoms with van der Waals surface area (Å²) < 4.78 is 4.20. The van der Waals surface area contributed by atoms with Crippen molar-refractivity contribution in [2.45, 2.75) is 39.0 Å². The highest BCUT2D eigenvalue weighted by molar-refractivity contribution is 5.71. The molecular formula is C20H27N5O3. The molecule has 0 radical (unpaired) electrons. The second-order valence-electron chi connectivity index (χ2n) is 7.40. The van der Waals surface area contributed by atoms with Crippen molar-refractivity contribution in [2.75, 3.05) is 6.54 Å². The highest BCUT2D eigenvalue weighted by Gasteiger charge is 2.21. The molecule has 2 N–H and O–H groups in total. The van der Waals surface area contributed by atoms with Crippen molar-refractivity contribution in [1.29, 1.82) is 0 Å². The summed E-state index contributed by atoms with van der Waals surface area (Å²) in [5.41, 5.74) is 0.877. The van der Waals surface area contributed by atoms with Crippen LogP contribution in [0.1, 0.15) is 25.2 Å². The number of hydrogen-bond acceptors (Lipinski definition) is 5. The minimum Gasteiger partial charge on any atom is -0.390 e. The van der Waals surface area contributed by atoms with Crippen molar-refractivity contribution >= 4 is 11.2 Å². The molecule has 150 valence electrons. The van der Waals surface area contributed by atoms with E-state index >= 15 is 0 Å². The van der Waals surface area contributed by atoms with Crippen molar-refractivity contribution in [3.05, 3.63) is 62.6 Å². The van der Waals surface area contributed by atoms with Gasteiger partial charge in [0.1, 0.15) is 5.82 Å². The van der Waals surface area contributed by atoms with Gasteiger partial charge in [-0.2, -0.15) is 0 Å². The Morgan fingerprint density at radius 1 is 1.11 bits per heavy atom. The van der Waals surface area contributed by atoms with Gasteiger partial charge in [0, 0.05) is 33.1 Å². The molecule has 8 heteroatoms. The average molecular weight is 385 g/mol. The summed E-state index contributed by atoms with van der Waals surface area (Å²) in [4.78, 5) is 29.7. The standard InChI is InChI=1S/C20H27N5O3/c1-13(2)21-11-15(26)12-25-16(10-14-8-6-5-7-9-14)22-18-17(25)19(27)24(4)20(28)23(18)3/h5-9,13,15,21,26H,10-12H2,1-4H3/t15-/m0/s1. The fourth-order valence-electron chi connectivity index (χ4n) is 3.25. The lowest BCUT2D eigenvalue weighted by Gasteiger charge is -2.17. The number of fused-ring (bicyclic) bond motifs is 1. The van der Waals surface area contributed by atoms with Crippen LogP contribution in [-0.4, -0.2) is 42.5 Å². The largest absolute Gasteiger partial charge is 0.390 e. The number of aromatic nitrogens is 4. The van der Waals surface area contributed by atoms with Crippen LogP contribution in [0.4, 0.5) is 0 Å². The Hall–Kier alpha value is -2.71. The predicted molar refractivity (Wildman–Crippen MR) is 109 cm³/mol. The summed E-state index contributed by atoms with van der Waals surface area (Å²) in [5.74, 6) is 0.642. The van der Waals surface area contributed by atoms with Crippen LogP contribution in [-0.2, 0) is 27.1 Å². The normalized spacial score (nSPS) is 12.8. The summed E-state index contributed by atoms with van der Waals surface area (Å²) >= 11 is 0. The second-order valence-corrected chi connectivity index (χ2v) is 7.40. The molecule has 0 spiro atoms. The zero-order valence-corrected chi connectivity index (χ0v) is 16.7. The molecule has 8 nitrogen and oxygen atoms in total. The van der Waals surface area contributed by atoms with E-state index < -0.39 is 17.4 Å². The maximum atomic E-state index is 12.8. The van der Waals surface area contributed by atoms with Gasteiger partial charge in [-0.15, -0.1) is 0 Å². The predicted octanol–water partition coefficient (Wildman–Crippen LogP) is 0.383. The minimum absolute atomic E-state index is 0.214. The maximum Gasteiger partial charge on any atom is 0.332 e. The van der Waals surface area contributed by atoms with E-state index in [0.29, 0.717) is 30.0 Å². The van der Waals surface area contributed by atoms with Crippen molar-refractivity contribution in [1.82, 2.24) is 24.0 Å². The third-order valence-corrected chi connectivity index (χ3v) is 4.79. The third kappa shape index (κ3) is 3.93. The number of nitrogens with one attached hydrogen (secondary N) is 1. The molecule has 2 aromatic heterocycles. The van der Waals surface area contributed by atoms with Crippen LogP contribution < -0.4 is 16.6 Å². The first-order valence-electron chi connectivity index (χ1n) is 9.40. The van der Waals surface area contributed by atoms with Crippen LogP contribution >= 0.6 is 0 Å². The van der Waals surface area contributed by atoms with Gasteiger partial charge in [-0.3, -0.25) is 13.9 Å². The van der Waals surface area contributed by atoms with E-state index in [9.17, 15) is 14.7 Å². The molecule has 0 bridgehead atoms. The van der Waals surface area contributed by atoms with E-state index in [-0.39, 0.29) is 12.6 Å². The summed E-state index contributed by atoms with van der Waals surface area (Å²) in [5, 5.41) is 13.7. The van der Waals surface area contributed by atoms with Gasteiger partial charge in [-0.1, -0.05) is 44.2 Å². The molecule has 0 unspecified atom stereocenters. The van der Waals surface area contributed by atoms with Crippen LogP contribution in [0, 0.1) is 0 Å². The summed E-state index contributed by atoms with van der Waals surface area (Å²) in [7, 11) is 3.06. The second kappa shape index (κ2) is 8.12. The van der Waals surface area contributed by atoms with Gasteiger partial charge in [-0.25, -0.2) is 9.78 Å². The van der Waals surface area contributed by atoms with Crippen molar-refractivity contribution in [2.24, 2.45) is 14.1 Å². The van der Waals surface area contributed by atoms with Gasteiger partial charge in [-0.05, 0) is 5.56 Å². The van der Waals surface area contributed by atoms with E-state index in [1.807, 2.05) is 44.2 Å². The number of aliphatic hydroxyl groups excluding tert-OH is 1. The van der Waals surface area contributed by atoms with Crippen LogP contribution in [0.2, 0.25) is 0 Å². The van der Waals surface area contributed by atoms with Gasteiger partial charge in [0.05, 0.1) is 12.6 Å². The molecule has 0 aliphatic heterocycles. The Labute approximate surface area is 163 Å². The van der Waals surface area contributed by atoms with Gasteiger partial charge in [0.25, 0.3) is 5.56 Å². The molecule has 0 amide bonds. The summed E-state index contributed by atoms with van der Waals surface area (Å²) in [6.07, 6.45) is -0.201. The highest BCUT2D eigenvalue weighted by Crippen LogP contribution is 2.16. The van der Waals surface area contributed by atoms with Crippen LogP contribution in [0.5, 0.6) is 0 Å². The molecule has 1 atom stereocenters. The lowest BCUT2D eigenvalue weighted by molar-refractivity contribution is 0.149. The topological polar surface area (TPSA) is 94.1 Å². The lowest BCUT2D eigenvalue weighted by atomic mass is 10.1. The molecule has 0 aliphatic rings. The molecular weight excluding hydrogens is 358 g/mol. The maximum absolute atomic E-state index is 12.8. The molecule has 1 aromatic carbocycles. The molecule has 0 fully saturated rings. The number of rotatable bonds is 7. The monoisotopic (exact) mass is 385 g/mol. The van der Waals surface area contributed by atoms with Crippen molar-refractivity contribution < 1.29 is 5.11 Å². The Morgan fingerprint density at radius 3 is 2.43 bits per heavy atom. The molecule has 2 heterocycles. The van der Waals surface area contributed by atoms with Crippen LogP contribution in [0.15, 0.2) is 39.9 Å². The number of nitrogens with zero attached hydrogens (tertiary/aromatic N) is 4. The van der Waals surface area contributed by atoms with E-state index in [1.165, 1.54) is 11.6 Å². The first-order chi connectivity index (χ1) is 13.3. The van der Waals surface area contributed by atoms with Gasteiger partial charge < -0.3 is 15.0 Å². The Bertz CT molecular complexity index is 1080. The van der Waals surface area contributed by atoms with Gasteiger partial charge in [0.2, 0.25) is 0 Å². The Morgan fingerprint density at radius 2 is 1.79 bits per heavy atom. The van der Waals surface area contributed by atoms with E-state index in [0.717, 1.165) is 10.1 Å². The van der Waals surface area contributed by atoms with E-state index in [2.05, 4.69) is 10.3 Å². The highest BCUT2D eigenvalue weighted by atomic mass is 16.3. The number of imidazole rings is 1. The Kier molecular flexibility index (Phi) is 5.81. The zero-order valence-electron chi connectivity index (χ0n) is 16.7. The average Bonchev–Trinajstić information content (AvgIpc) is 3.02. The first-order valence-corrected chi connectivity index (χ1v) is 9.40. The van der Waals surface area contributed by atoms with E-state index in [4.69, 9.17) is 0 Å². The molecule has 3 rings (SSSR count). The molecule has 0 aliphatic carbocycles. The molecule has 3 aromatic rings. The van der Waals surface area contributed by atoms with E-state index in [1.54, 1.807) is 11.6 Å². The van der Waals surface area contributed by atoms with Crippen molar-refractivity contribution in [3.63, 3.8) is 0 Å². The Balaban J connectivity index is 2.12. The zero-order chi connectivity index (χ0) is 20.4. The molecule has 0 saturated carbocycles. The fraction of sp³-hybridized carbons (Fsp3) is 0.450. The van der Waals surface area contributed by atoms with Crippen LogP contribution in [0.25, 0.3) is 11.2 Å². The fourth-order valence-corrected chi connectivity index (χ4v) is 3.25. The lowest BCUT2D eigenvalue weighted by Crippen LogP contribution is -2.38. The number of aryl methyl sites for hydroxylation is 1. The van der Waals surface area contributed by atoms with Gasteiger partial charge in [0.15, 0.2) is 11.2 Å². The number of hydrogen-bond donors (Lipinski definition) is 2. The number of aliphatic hydroxyl groups is 1. The first kappa shape index (κ1) is 20.0. The number of benzene rings is 1. The van der Waals surface area contributed by atoms with Crippen LogP contribution in [0.3, 0.4) is 0 Å². The minimum atomic E-state index is -0.698. The quantitative estimate of drug-likeness (QED) is 0.613. The van der Waals surface area contributed by atoms with Gasteiger partial charge >= 0.3 is 5.69 Å². The molecule has 0 saturated heterocycles. The smallest absolute Gasteiger partial charge is 0.332 e. The summed E-state index contributed by atoms with van der Waals surface area (Å²) in [6.45, 7) is 4.62. The van der Waals surface area contributed by atoms with Crippen molar-refractivity contribution in [3.8, 4) is 0 Å². The third-order valence-electron chi connectivity index (χ3n) is 4.79. The molecule has 28 heavy (non-hydrogen) atoms. The summed E-state index contributed by atoms with van der Waals surface area (Å²) in [6, 6.07) is 10.0. The SMILES string of the molecule is CC(C)NC[C@H](O)Cn1c(Cc2ccccc2)nc2c1c(=O)n(C)c(=O)n2C.